The van der Waals surface area contributed by atoms with Crippen molar-refractivity contribution in [2.75, 3.05) is 0 Å². The van der Waals surface area contributed by atoms with Crippen LogP contribution in [-0.2, 0) is 6.42 Å². The van der Waals surface area contributed by atoms with Gasteiger partial charge in [0.25, 0.3) is 0 Å². The van der Waals surface area contributed by atoms with Gasteiger partial charge in [0.1, 0.15) is 16.8 Å². The Morgan fingerprint density at radius 3 is 2.70 bits per heavy atom. The van der Waals surface area contributed by atoms with Gasteiger partial charge in [-0.3, -0.25) is 0 Å². The smallest absolute Gasteiger partial charge is 0.214 e. The van der Waals surface area contributed by atoms with E-state index < -0.39 is 0 Å². The van der Waals surface area contributed by atoms with E-state index in [0.29, 0.717) is 17.3 Å². The van der Waals surface area contributed by atoms with Crippen LogP contribution in [0.1, 0.15) is 24.5 Å². The van der Waals surface area contributed by atoms with Crippen LogP contribution in [0.5, 0.6) is 0 Å². The molecule has 0 aliphatic carbocycles. The zero-order valence-corrected chi connectivity index (χ0v) is 12.2. The lowest BCUT2D eigenvalue weighted by Crippen LogP contribution is -1.96. The van der Waals surface area contributed by atoms with E-state index in [1.54, 1.807) is 15.9 Å². The monoisotopic (exact) mass is 282 g/mol. The van der Waals surface area contributed by atoms with Gasteiger partial charge in [-0.05, 0) is 5.92 Å². The molecule has 0 amide bonds. The maximum Gasteiger partial charge on any atom is 0.214 e. The van der Waals surface area contributed by atoms with Gasteiger partial charge in [0.2, 0.25) is 4.96 Å². The average molecular weight is 282 g/mol. The lowest BCUT2D eigenvalue weighted by atomic mass is 10.1. The Morgan fingerprint density at radius 2 is 2.05 bits per heavy atom. The molecule has 2 aromatic heterocycles. The Labute approximate surface area is 121 Å². The topological polar surface area (TPSA) is 54.0 Å². The van der Waals surface area contributed by atoms with Crippen molar-refractivity contribution in [2.45, 2.75) is 20.3 Å². The number of imidazole rings is 1. The van der Waals surface area contributed by atoms with Gasteiger partial charge in [0.15, 0.2) is 5.69 Å². The second-order valence-electron chi connectivity index (χ2n) is 5.07. The van der Waals surface area contributed by atoms with E-state index >= 15 is 0 Å². The van der Waals surface area contributed by atoms with E-state index in [0.717, 1.165) is 22.0 Å². The Balaban J connectivity index is 2.12. The lowest BCUT2D eigenvalue weighted by Gasteiger charge is -1.98. The summed E-state index contributed by atoms with van der Waals surface area (Å²) in [7, 11) is 0. The molecule has 0 bridgehead atoms. The first-order valence-electron chi connectivity index (χ1n) is 6.53. The number of aromatic nitrogens is 3. The number of nitrogens with zero attached hydrogens (tertiary/aromatic N) is 4. The standard InChI is InChI=1S/C15H14N4S/c1-10(2)8-13-18-19-12(9-16)14(17-15(19)20-13)11-6-4-3-5-7-11/h3-7,10H,8H2,1-2H3. The summed E-state index contributed by atoms with van der Waals surface area (Å²) >= 11 is 1.56. The third kappa shape index (κ3) is 2.19. The van der Waals surface area contributed by atoms with Crippen LogP contribution >= 0.6 is 11.3 Å². The number of fused-ring (bicyclic) bond motifs is 1. The summed E-state index contributed by atoms with van der Waals surface area (Å²) in [4.78, 5) is 5.37. The zero-order chi connectivity index (χ0) is 14.1. The molecule has 0 unspecified atom stereocenters. The molecule has 0 fully saturated rings. The number of nitriles is 1. The molecule has 0 radical (unpaired) electrons. The molecule has 0 saturated carbocycles. The number of hydrogen-bond donors (Lipinski definition) is 0. The Hall–Kier alpha value is -2.19. The van der Waals surface area contributed by atoms with Crippen LogP contribution in [-0.4, -0.2) is 14.6 Å². The zero-order valence-electron chi connectivity index (χ0n) is 11.4. The van der Waals surface area contributed by atoms with E-state index in [4.69, 9.17) is 0 Å². The maximum absolute atomic E-state index is 9.41. The van der Waals surface area contributed by atoms with Crippen LogP contribution in [0.2, 0.25) is 0 Å². The predicted octanol–water partition coefficient (Wildman–Crippen LogP) is 3.53. The van der Waals surface area contributed by atoms with Crippen molar-refractivity contribution in [1.29, 1.82) is 5.26 Å². The van der Waals surface area contributed by atoms with Crippen LogP contribution in [0.3, 0.4) is 0 Å². The first kappa shape index (κ1) is 12.8. The van der Waals surface area contributed by atoms with Crippen LogP contribution in [0.15, 0.2) is 30.3 Å². The average Bonchev–Trinajstić information content (AvgIpc) is 2.95. The van der Waals surface area contributed by atoms with Crippen molar-refractivity contribution in [2.24, 2.45) is 5.92 Å². The highest BCUT2D eigenvalue weighted by atomic mass is 32.1. The van der Waals surface area contributed by atoms with Gasteiger partial charge in [-0.25, -0.2) is 4.98 Å². The van der Waals surface area contributed by atoms with E-state index in [-0.39, 0.29) is 0 Å². The number of benzene rings is 1. The van der Waals surface area contributed by atoms with Crippen molar-refractivity contribution in [3.63, 3.8) is 0 Å². The molecule has 0 aliphatic rings. The second kappa shape index (κ2) is 5.06. The number of hydrogen-bond acceptors (Lipinski definition) is 4. The summed E-state index contributed by atoms with van der Waals surface area (Å²) in [6, 6.07) is 12.0. The fourth-order valence-electron chi connectivity index (χ4n) is 2.12. The van der Waals surface area contributed by atoms with Crippen molar-refractivity contribution in [1.82, 2.24) is 14.6 Å². The molecule has 0 aliphatic heterocycles. The summed E-state index contributed by atoms with van der Waals surface area (Å²) in [5, 5.41) is 15.0. The van der Waals surface area contributed by atoms with Gasteiger partial charge >= 0.3 is 0 Å². The van der Waals surface area contributed by atoms with Crippen molar-refractivity contribution < 1.29 is 0 Å². The highest BCUT2D eigenvalue weighted by Crippen LogP contribution is 2.27. The minimum Gasteiger partial charge on any atom is -0.216 e. The Morgan fingerprint density at radius 1 is 1.30 bits per heavy atom. The summed E-state index contributed by atoms with van der Waals surface area (Å²) in [5.41, 5.74) is 2.17. The van der Waals surface area contributed by atoms with Gasteiger partial charge in [-0.15, -0.1) is 0 Å². The summed E-state index contributed by atoms with van der Waals surface area (Å²) in [6.07, 6.45) is 0.916. The first-order valence-corrected chi connectivity index (χ1v) is 7.34. The minimum absolute atomic E-state index is 0.512. The molecule has 0 saturated heterocycles. The van der Waals surface area contributed by atoms with Crippen LogP contribution in [0, 0.1) is 17.2 Å². The molecule has 3 aromatic rings. The normalized spacial score (nSPS) is 11.1. The molecule has 0 atom stereocenters. The highest BCUT2D eigenvalue weighted by Gasteiger charge is 2.17. The molecule has 2 heterocycles. The summed E-state index contributed by atoms with van der Waals surface area (Å²) < 4.78 is 1.67. The SMILES string of the molecule is CC(C)Cc1nn2c(C#N)c(-c3ccccc3)nc2s1. The van der Waals surface area contributed by atoms with Crippen molar-refractivity contribution in [3.8, 4) is 17.3 Å². The fraction of sp³-hybridized carbons (Fsp3) is 0.267. The minimum atomic E-state index is 0.512. The van der Waals surface area contributed by atoms with E-state index in [9.17, 15) is 5.26 Å². The van der Waals surface area contributed by atoms with Crippen LogP contribution < -0.4 is 0 Å². The molecule has 20 heavy (non-hydrogen) atoms. The quantitative estimate of drug-likeness (QED) is 0.738. The van der Waals surface area contributed by atoms with Crippen LogP contribution in [0.4, 0.5) is 0 Å². The van der Waals surface area contributed by atoms with Gasteiger partial charge in [-0.1, -0.05) is 55.5 Å². The van der Waals surface area contributed by atoms with Gasteiger partial charge in [0, 0.05) is 12.0 Å². The molecular formula is C15H14N4S. The molecule has 1 aromatic carbocycles. The van der Waals surface area contributed by atoms with E-state index in [1.165, 1.54) is 0 Å². The van der Waals surface area contributed by atoms with E-state index in [2.05, 4.69) is 30.0 Å². The fourth-order valence-corrected chi connectivity index (χ4v) is 3.22. The number of rotatable bonds is 3. The molecule has 0 spiro atoms. The first-order chi connectivity index (χ1) is 9.69. The largest absolute Gasteiger partial charge is 0.216 e. The molecule has 100 valence electrons. The predicted molar refractivity (Wildman–Crippen MR) is 79.6 cm³/mol. The Kier molecular flexibility index (Phi) is 3.25. The third-order valence-corrected chi connectivity index (χ3v) is 3.91. The van der Waals surface area contributed by atoms with E-state index in [1.807, 2.05) is 30.3 Å². The maximum atomic E-state index is 9.41. The molecular weight excluding hydrogens is 268 g/mol. The van der Waals surface area contributed by atoms with Gasteiger partial charge in [-0.2, -0.15) is 14.9 Å². The van der Waals surface area contributed by atoms with Crippen molar-refractivity contribution in [3.05, 3.63) is 41.0 Å². The third-order valence-electron chi connectivity index (χ3n) is 2.98. The Bertz CT molecular complexity index is 777. The molecule has 4 nitrogen and oxygen atoms in total. The second-order valence-corrected chi connectivity index (χ2v) is 6.12. The van der Waals surface area contributed by atoms with Crippen molar-refractivity contribution >= 4 is 16.3 Å². The van der Waals surface area contributed by atoms with Gasteiger partial charge in [0.05, 0.1) is 0 Å². The van der Waals surface area contributed by atoms with Gasteiger partial charge < -0.3 is 0 Å². The highest BCUT2D eigenvalue weighted by molar-refractivity contribution is 7.16. The molecule has 0 N–H and O–H groups in total. The van der Waals surface area contributed by atoms with Crippen LogP contribution in [0.25, 0.3) is 16.2 Å². The molecule has 5 heteroatoms. The lowest BCUT2D eigenvalue weighted by molar-refractivity contribution is 0.636. The summed E-state index contributed by atoms with van der Waals surface area (Å²) in [5.74, 6) is 0.546. The molecule has 3 rings (SSSR count). The summed E-state index contributed by atoms with van der Waals surface area (Å²) in [6.45, 7) is 4.32.